The molecule has 0 radical (unpaired) electrons. The number of hydrogen-bond donors (Lipinski definition) is 1. The lowest BCUT2D eigenvalue weighted by atomic mass is 10.0. The van der Waals surface area contributed by atoms with Crippen molar-refractivity contribution in [1.82, 2.24) is 4.98 Å². The number of rotatable bonds is 7. The summed E-state index contributed by atoms with van der Waals surface area (Å²) in [6.07, 6.45) is 3.89. The molecule has 0 aliphatic carbocycles. The van der Waals surface area contributed by atoms with Crippen LogP contribution >= 0.6 is 0 Å². The van der Waals surface area contributed by atoms with Crippen LogP contribution in [0.3, 0.4) is 0 Å². The minimum absolute atomic E-state index is 0.0436. The molecular weight excluding hydrogens is 304 g/mol. The molecule has 0 atom stereocenters. The monoisotopic (exact) mass is 326 g/mol. The van der Waals surface area contributed by atoms with Crippen LogP contribution in [0.4, 0.5) is 5.69 Å². The van der Waals surface area contributed by atoms with Gasteiger partial charge in [0.2, 0.25) is 5.91 Å². The van der Waals surface area contributed by atoms with Crippen LogP contribution in [-0.2, 0) is 9.53 Å². The number of ether oxygens (including phenoxy) is 1. The SMILES string of the molecule is CCCCC(=O)Nc1ccccc1-c1ncccc1C(=O)OCC. The lowest BCUT2D eigenvalue weighted by Gasteiger charge is -2.13. The van der Waals surface area contributed by atoms with Gasteiger partial charge in [-0.1, -0.05) is 31.5 Å². The molecular formula is C19H22N2O3. The van der Waals surface area contributed by atoms with Crippen LogP contribution in [-0.4, -0.2) is 23.5 Å². The van der Waals surface area contributed by atoms with Gasteiger partial charge in [-0.25, -0.2) is 4.79 Å². The molecule has 24 heavy (non-hydrogen) atoms. The van der Waals surface area contributed by atoms with E-state index in [1.165, 1.54) is 0 Å². The van der Waals surface area contributed by atoms with E-state index in [1.807, 2.05) is 31.2 Å². The van der Waals surface area contributed by atoms with Gasteiger partial charge in [-0.15, -0.1) is 0 Å². The summed E-state index contributed by atoms with van der Waals surface area (Å²) in [7, 11) is 0. The molecule has 0 bridgehead atoms. The third kappa shape index (κ3) is 4.41. The first-order valence-corrected chi connectivity index (χ1v) is 8.18. The van der Waals surface area contributed by atoms with Gasteiger partial charge in [-0.2, -0.15) is 0 Å². The Labute approximate surface area is 142 Å². The summed E-state index contributed by atoms with van der Waals surface area (Å²) in [4.78, 5) is 28.5. The van der Waals surface area contributed by atoms with E-state index in [9.17, 15) is 9.59 Å². The maximum atomic E-state index is 12.2. The molecule has 5 heteroatoms. The maximum Gasteiger partial charge on any atom is 0.340 e. The van der Waals surface area contributed by atoms with Crippen molar-refractivity contribution in [2.24, 2.45) is 0 Å². The van der Waals surface area contributed by atoms with E-state index in [2.05, 4.69) is 10.3 Å². The molecule has 0 fully saturated rings. The number of anilines is 1. The molecule has 0 saturated carbocycles. The molecule has 0 aliphatic heterocycles. The fourth-order valence-corrected chi connectivity index (χ4v) is 2.34. The van der Waals surface area contributed by atoms with Gasteiger partial charge in [0, 0.05) is 18.2 Å². The Bertz CT molecular complexity index is 713. The first kappa shape index (κ1) is 17.7. The largest absolute Gasteiger partial charge is 0.462 e. The minimum atomic E-state index is -0.423. The van der Waals surface area contributed by atoms with Gasteiger partial charge < -0.3 is 10.1 Å². The van der Waals surface area contributed by atoms with Gasteiger partial charge in [-0.05, 0) is 31.5 Å². The van der Waals surface area contributed by atoms with Gasteiger partial charge in [0.25, 0.3) is 0 Å². The zero-order valence-electron chi connectivity index (χ0n) is 14.0. The number of hydrogen-bond acceptors (Lipinski definition) is 4. The van der Waals surface area contributed by atoms with Gasteiger partial charge in [-0.3, -0.25) is 9.78 Å². The second kappa shape index (κ2) is 8.82. The average Bonchev–Trinajstić information content (AvgIpc) is 2.60. The predicted octanol–water partition coefficient (Wildman–Crippen LogP) is 4.05. The van der Waals surface area contributed by atoms with E-state index in [4.69, 9.17) is 4.74 Å². The van der Waals surface area contributed by atoms with Crippen LogP contribution in [0, 0.1) is 0 Å². The molecule has 1 N–H and O–H groups in total. The van der Waals surface area contributed by atoms with Crippen molar-refractivity contribution in [1.29, 1.82) is 0 Å². The highest BCUT2D eigenvalue weighted by atomic mass is 16.5. The minimum Gasteiger partial charge on any atom is -0.462 e. The Hall–Kier alpha value is -2.69. The summed E-state index contributed by atoms with van der Waals surface area (Å²) in [6.45, 7) is 4.10. The number of aromatic nitrogens is 1. The number of para-hydroxylation sites is 1. The van der Waals surface area contributed by atoms with Crippen LogP contribution < -0.4 is 5.32 Å². The number of esters is 1. The molecule has 0 saturated heterocycles. The van der Waals surface area contributed by atoms with E-state index < -0.39 is 5.97 Å². The second-order valence-electron chi connectivity index (χ2n) is 5.32. The molecule has 2 aromatic rings. The molecule has 5 nitrogen and oxygen atoms in total. The molecule has 0 aliphatic rings. The number of benzene rings is 1. The second-order valence-corrected chi connectivity index (χ2v) is 5.32. The molecule has 0 spiro atoms. The summed E-state index contributed by atoms with van der Waals surface area (Å²) in [6, 6.07) is 10.7. The van der Waals surface area contributed by atoms with Crippen LogP contribution in [0.15, 0.2) is 42.6 Å². The summed E-state index contributed by atoms with van der Waals surface area (Å²) in [5.41, 5.74) is 2.23. The number of amides is 1. The smallest absolute Gasteiger partial charge is 0.340 e. The van der Waals surface area contributed by atoms with Crippen LogP contribution in [0.5, 0.6) is 0 Å². The standard InChI is InChI=1S/C19H22N2O3/c1-3-5-12-17(22)21-16-11-7-6-9-14(16)18-15(10-8-13-20-18)19(23)24-4-2/h6-11,13H,3-5,12H2,1-2H3,(H,21,22). The summed E-state index contributed by atoms with van der Waals surface area (Å²) < 4.78 is 5.10. The summed E-state index contributed by atoms with van der Waals surface area (Å²) in [5, 5.41) is 2.91. The van der Waals surface area contributed by atoms with Gasteiger partial charge in [0.05, 0.1) is 23.6 Å². The van der Waals surface area contributed by atoms with Gasteiger partial charge in [0.15, 0.2) is 0 Å². The lowest BCUT2D eigenvalue weighted by molar-refractivity contribution is -0.116. The average molecular weight is 326 g/mol. The van der Waals surface area contributed by atoms with Crippen molar-refractivity contribution in [3.05, 3.63) is 48.2 Å². The number of nitrogens with one attached hydrogen (secondary N) is 1. The fourth-order valence-electron chi connectivity index (χ4n) is 2.34. The number of carbonyl (C=O) groups is 2. The highest BCUT2D eigenvalue weighted by Gasteiger charge is 2.17. The first-order valence-electron chi connectivity index (χ1n) is 8.18. The summed E-state index contributed by atoms with van der Waals surface area (Å²) in [5.74, 6) is -0.467. The zero-order valence-corrected chi connectivity index (χ0v) is 14.0. The zero-order chi connectivity index (χ0) is 17.4. The van der Waals surface area contributed by atoms with E-state index in [1.54, 1.807) is 25.3 Å². The molecule has 2 rings (SSSR count). The third-order valence-electron chi connectivity index (χ3n) is 3.52. The van der Waals surface area contributed by atoms with Crippen molar-refractivity contribution < 1.29 is 14.3 Å². The fraction of sp³-hybridized carbons (Fsp3) is 0.316. The number of carbonyl (C=O) groups excluding carboxylic acids is 2. The van der Waals surface area contributed by atoms with Crippen LogP contribution in [0.2, 0.25) is 0 Å². The predicted molar refractivity (Wildman–Crippen MR) is 93.8 cm³/mol. The van der Waals surface area contributed by atoms with Crippen molar-refractivity contribution in [3.63, 3.8) is 0 Å². The van der Waals surface area contributed by atoms with Crippen molar-refractivity contribution >= 4 is 17.6 Å². The molecule has 1 heterocycles. The number of nitrogens with zero attached hydrogens (tertiary/aromatic N) is 1. The van der Waals surface area contributed by atoms with Crippen LogP contribution in [0.1, 0.15) is 43.5 Å². The Morgan fingerprint density at radius 1 is 1.12 bits per heavy atom. The Kier molecular flexibility index (Phi) is 6.49. The maximum absolute atomic E-state index is 12.2. The van der Waals surface area contributed by atoms with Crippen molar-refractivity contribution in [2.45, 2.75) is 33.1 Å². The van der Waals surface area contributed by atoms with Gasteiger partial charge in [0.1, 0.15) is 0 Å². The Morgan fingerprint density at radius 2 is 1.92 bits per heavy atom. The quantitative estimate of drug-likeness (QED) is 0.779. The normalized spacial score (nSPS) is 10.2. The number of pyridine rings is 1. The molecule has 0 unspecified atom stereocenters. The van der Waals surface area contributed by atoms with E-state index in [0.717, 1.165) is 12.8 Å². The van der Waals surface area contributed by atoms with Gasteiger partial charge >= 0.3 is 5.97 Å². The molecule has 126 valence electrons. The highest BCUT2D eigenvalue weighted by Crippen LogP contribution is 2.29. The molecule has 1 aromatic carbocycles. The van der Waals surface area contributed by atoms with E-state index >= 15 is 0 Å². The first-order chi connectivity index (χ1) is 11.7. The van der Waals surface area contributed by atoms with Crippen LogP contribution in [0.25, 0.3) is 11.3 Å². The highest BCUT2D eigenvalue weighted by molar-refractivity contribution is 6.00. The summed E-state index contributed by atoms with van der Waals surface area (Å²) >= 11 is 0. The van der Waals surface area contributed by atoms with E-state index in [-0.39, 0.29) is 5.91 Å². The van der Waals surface area contributed by atoms with E-state index in [0.29, 0.717) is 35.5 Å². The molecule has 1 aromatic heterocycles. The lowest BCUT2D eigenvalue weighted by Crippen LogP contribution is -2.13. The Balaban J connectivity index is 2.36. The van der Waals surface area contributed by atoms with Crippen molar-refractivity contribution in [3.8, 4) is 11.3 Å². The molecule has 1 amide bonds. The number of unbranched alkanes of at least 4 members (excludes halogenated alkanes) is 1. The van der Waals surface area contributed by atoms with Crippen molar-refractivity contribution in [2.75, 3.05) is 11.9 Å². The third-order valence-corrected chi connectivity index (χ3v) is 3.52. The Morgan fingerprint density at radius 3 is 2.67 bits per heavy atom. The topological polar surface area (TPSA) is 68.3 Å².